The van der Waals surface area contributed by atoms with Crippen molar-refractivity contribution in [2.75, 3.05) is 19.7 Å². The zero-order valence-corrected chi connectivity index (χ0v) is 11.3. The lowest BCUT2D eigenvalue weighted by Crippen LogP contribution is -2.42. The molecule has 0 spiro atoms. The van der Waals surface area contributed by atoms with Gasteiger partial charge in [0.05, 0.1) is 6.10 Å². The summed E-state index contributed by atoms with van der Waals surface area (Å²) in [5.41, 5.74) is 1.20. The number of nitrogens with zero attached hydrogens (tertiary/aromatic N) is 1. The molecule has 0 bridgehead atoms. The third-order valence-corrected chi connectivity index (χ3v) is 3.49. The number of benzene rings is 1. The number of carbonyl (C=O) groups is 1. The van der Waals surface area contributed by atoms with Crippen LogP contribution < -0.4 is 4.74 Å². The monoisotopic (exact) mass is 263 g/mol. The van der Waals surface area contributed by atoms with Crippen molar-refractivity contribution >= 4 is 5.91 Å². The van der Waals surface area contributed by atoms with Gasteiger partial charge in [0.15, 0.2) is 6.61 Å². The summed E-state index contributed by atoms with van der Waals surface area (Å²) in [7, 11) is 0. The highest BCUT2D eigenvalue weighted by Gasteiger charge is 2.21. The molecule has 0 aliphatic carbocycles. The Hall–Kier alpha value is -1.55. The highest BCUT2D eigenvalue weighted by molar-refractivity contribution is 5.77. The van der Waals surface area contributed by atoms with Gasteiger partial charge in [-0.05, 0) is 37.0 Å². The Balaban J connectivity index is 1.82. The summed E-state index contributed by atoms with van der Waals surface area (Å²) in [6.07, 6.45) is 2.02. The van der Waals surface area contributed by atoms with Crippen LogP contribution in [0.5, 0.6) is 5.75 Å². The summed E-state index contributed by atoms with van der Waals surface area (Å²) in [5.74, 6) is 0.735. The lowest BCUT2D eigenvalue weighted by molar-refractivity contribution is -0.135. The maximum absolute atomic E-state index is 12.0. The molecule has 0 atom stereocenters. The van der Waals surface area contributed by atoms with E-state index in [1.165, 1.54) is 5.56 Å². The quantitative estimate of drug-likeness (QED) is 0.898. The number of rotatable bonds is 4. The fourth-order valence-corrected chi connectivity index (χ4v) is 2.21. The number of hydrogen-bond acceptors (Lipinski definition) is 3. The van der Waals surface area contributed by atoms with Gasteiger partial charge in [-0.3, -0.25) is 4.79 Å². The number of hydrogen-bond donors (Lipinski definition) is 1. The molecule has 19 heavy (non-hydrogen) atoms. The molecule has 0 saturated carbocycles. The molecule has 1 aromatic rings. The number of aliphatic hydroxyl groups is 1. The Bertz CT molecular complexity index is 425. The average molecular weight is 263 g/mol. The Kier molecular flexibility index (Phi) is 4.80. The molecule has 1 aliphatic heterocycles. The summed E-state index contributed by atoms with van der Waals surface area (Å²) in [5, 5.41) is 9.41. The van der Waals surface area contributed by atoms with Crippen LogP contribution in [0.15, 0.2) is 24.3 Å². The van der Waals surface area contributed by atoms with E-state index in [9.17, 15) is 9.90 Å². The molecule has 1 aliphatic rings. The van der Waals surface area contributed by atoms with Crippen molar-refractivity contribution < 1.29 is 14.6 Å². The van der Waals surface area contributed by atoms with E-state index in [-0.39, 0.29) is 18.6 Å². The predicted octanol–water partition coefficient (Wildman–Crippen LogP) is 1.61. The maximum Gasteiger partial charge on any atom is 0.260 e. The normalized spacial score (nSPS) is 16.4. The van der Waals surface area contributed by atoms with Crippen LogP contribution >= 0.6 is 0 Å². The van der Waals surface area contributed by atoms with Gasteiger partial charge < -0.3 is 14.7 Å². The molecule has 1 aromatic carbocycles. The van der Waals surface area contributed by atoms with Crippen molar-refractivity contribution in [1.29, 1.82) is 0 Å². The summed E-state index contributed by atoms with van der Waals surface area (Å²) in [4.78, 5) is 13.7. The first-order chi connectivity index (χ1) is 9.19. The minimum absolute atomic E-state index is 0.00574. The summed E-state index contributed by atoms with van der Waals surface area (Å²) >= 11 is 0. The molecule has 1 N–H and O–H groups in total. The first kappa shape index (κ1) is 13.9. The Labute approximate surface area is 114 Å². The largest absolute Gasteiger partial charge is 0.484 e. The van der Waals surface area contributed by atoms with Gasteiger partial charge in [-0.2, -0.15) is 0 Å². The lowest BCUT2D eigenvalue weighted by atomic mass is 10.1. The van der Waals surface area contributed by atoms with Crippen LogP contribution in [0.4, 0.5) is 0 Å². The second-order valence-electron chi connectivity index (χ2n) is 4.90. The zero-order chi connectivity index (χ0) is 13.7. The van der Waals surface area contributed by atoms with Crippen molar-refractivity contribution in [3.63, 3.8) is 0 Å². The van der Waals surface area contributed by atoms with E-state index in [4.69, 9.17) is 4.74 Å². The summed E-state index contributed by atoms with van der Waals surface area (Å²) in [6, 6.07) is 7.82. The Morgan fingerprint density at radius 3 is 2.84 bits per heavy atom. The van der Waals surface area contributed by atoms with Crippen molar-refractivity contribution in [2.45, 2.75) is 32.3 Å². The average Bonchev–Trinajstić information content (AvgIpc) is 2.46. The molecule has 0 radical (unpaired) electrons. The van der Waals surface area contributed by atoms with Crippen molar-refractivity contribution in [2.24, 2.45) is 0 Å². The second-order valence-corrected chi connectivity index (χ2v) is 4.90. The molecule has 1 heterocycles. The van der Waals surface area contributed by atoms with Gasteiger partial charge in [-0.15, -0.1) is 0 Å². The standard InChI is InChI=1S/C15H21NO3/c1-2-12-4-3-5-14(10-12)19-11-15(18)16-8-6-13(17)7-9-16/h3-5,10,13,17H,2,6-9,11H2,1H3. The third-order valence-electron chi connectivity index (χ3n) is 3.49. The maximum atomic E-state index is 12.0. The minimum atomic E-state index is -0.258. The van der Waals surface area contributed by atoms with Gasteiger partial charge in [-0.25, -0.2) is 0 Å². The van der Waals surface area contributed by atoms with Gasteiger partial charge in [-0.1, -0.05) is 19.1 Å². The number of amides is 1. The van der Waals surface area contributed by atoms with E-state index >= 15 is 0 Å². The highest BCUT2D eigenvalue weighted by Crippen LogP contribution is 2.15. The fourth-order valence-electron chi connectivity index (χ4n) is 2.21. The molecule has 104 valence electrons. The van der Waals surface area contributed by atoms with Crippen LogP contribution in [-0.4, -0.2) is 41.7 Å². The molecule has 4 heteroatoms. The number of piperidine rings is 1. The topological polar surface area (TPSA) is 49.8 Å². The van der Waals surface area contributed by atoms with Crippen LogP contribution in [-0.2, 0) is 11.2 Å². The Morgan fingerprint density at radius 2 is 2.16 bits per heavy atom. The van der Waals surface area contributed by atoms with Crippen LogP contribution in [0.1, 0.15) is 25.3 Å². The van der Waals surface area contributed by atoms with Gasteiger partial charge in [0.25, 0.3) is 5.91 Å². The van der Waals surface area contributed by atoms with E-state index in [1.54, 1.807) is 4.90 Å². The molecule has 0 aromatic heterocycles. The molecular weight excluding hydrogens is 242 g/mol. The minimum Gasteiger partial charge on any atom is -0.484 e. The third kappa shape index (κ3) is 3.96. The lowest BCUT2D eigenvalue weighted by Gasteiger charge is -2.29. The smallest absolute Gasteiger partial charge is 0.260 e. The van der Waals surface area contributed by atoms with Crippen LogP contribution in [0.3, 0.4) is 0 Å². The number of ether oxygens (including phenoxy) is 1. The molecule has 1 amide bonds. The Morgan fingerprint density at radius 1 is 1.42 bits per heavy atom. The van der Waals surface area contributed by atoms with E-state index in [1.807, 2.05) is 24.3 Å². The van der Waals surface area contributed by atoms with Crippen molar-refractivity contribution in [1.82, 2.24) is 4.90 Å². The summed E-state index contributed by atoms with van der Waals surface area (Å²) < 4.78 is 5.54. The van der Waals surface area contributed by atoms with Gasteiger partial charge in [0.1, 0.15) is 5.75 Å². The second kappa shape index (κ2) is 6.57. The van der Waals surface area contributed by atoms with Gasteiger partial charge in [0, 0.05) is 13.1 Å². The fraction of sp³-hybridized carbons (Fsp3) is 0.533. The molecule has 1 fully saturated rings. The van der Waals surface area contributed by atoms with E-state index < -0.39 is 0 Å². The molecule has 0 unspecified atom stereocenters. The first-order valence-electron chi connectivity index (χ1n) is 6.86. The van der Waals surface area contributed by atoms with Crippen LogP contribution in [0.2, 0.25) is 0 Å². The number of aliphatic hydroxyl groups excluding tert-OH is 1. The molecule has 4 nitrogen and oxygen atoms in total. The van der Waals surface area contributed by atoms with Crippen molar-refractivity contribution in [3.8, 4) is 5.75 Å². The predicted molar refractivity (Wildman–Crippen MR) is 73.1 cm³/mol. The van der Waals surface area contributed by atoms with E-state index in [2.05, 4.69) is 6.92 Å². The number of carbonyl (C=O) groups excluding carboxylic acids is 1. The SMILES string of the molecule is CCc1cccc(OCC(=O)N2CCC(O)CC2)c1. The van der Waals surface area contributed by atoms with Crippen LogP contribution in [0, 0.1) is 0 Å². The van der Waals surface area contributed by atoms with Crippen LogP contribution in [0.25, 0.3) is 0 Å². The summed E-state index contributed by atoms with van der Waals surface area (Å²) in [6.45, 7) is 3.41. The molecule has 1 saturated heterocycles. The molecule has 2 rings (SSSR count). The number of likely N-dealkylation sites (tertiary alicyclic amines) is 1. The van der Waals surface area contributed by atoms with Gasteiger partial charge >= 0.3 is 0 Å². The highest BCUT2D eigenvalue weighted by atomic mass is 16.5. The first-order valence-corrected chi connectivity index (χ1v) is 6.86. The van der Waals surface area contributed by atoms with Crippen molar-refractivity contribution in [3.05, 3.63) is 29.8 Å². The van der Waals surface area contributed by atoms with E-state index in [0.717, 1.165) is 12.2 Å². The zero-order valence-electron chi connectivity index (χ0n) is 11.3. The molecular formula is C15H21NO3. The van der Waals surface area contributed by atoms with Gasteiger partial charge in [0.2, 0.25) is 0 Å². The number of aryl methyl sites for hydroxylation is 1. The van der Waals surface area contributed by atoms with E-state index in [0.29, 0.717) is 25.9 Å².